The van der Waals surface area contributed by atoms with Gasteiger partial charge in [0, 0.05) is 31.0 Å². The highest BCUT2D eigenvalue weighted by Crippen LogP contribution is 2.24. The molecule has 140 valence electrons. The summed E-state index contributed by atoms with van der Waals surface area (Å²) >= 11 is 0. The first-order chi connectivity index (χ1) is 12.8. The van der Waals surface area contributed by atoms with Crippen molar-refractivity contribution < 1.29 is 4.79 Å². The third kappa shape index (κ3) is 4.20. The van der Waals surface area contributed by atoms with Crippen LogP contribution in [0.15, 0.2) is 18.7 Å². The van der Waals surface area contributed by atoms with Crippen LogP contribution in [0.3, 0.4) is 0 Å². The normalized spacial score (nSPS) is 23.0. The van der Waals surface area contributed by atoms with Gasteiger partial charge in [0.25, 0.3) is 5.78 Å². The van der Waals surface area contributed by atoms with Crippen molar-refractivity contribution in [2.75, 3.05) is 13.1 Å². The number of aromatic nitrogens is 4. The second-order valence-electron chi connectivity index (χ2n) is 7.69. The number of carbonyl (C=O) groups is 1. The van der Waals surface area contributed by atoms with Gasteiger partial charge in [0.05, 0.1) is 6.42 Å². The molecule has 1 amide bonds. The highest BCUT2D eigenvalue weighted by atomic mass is 16.1. The minimum absolute atomic E-state index is 0.0685. The van der Waals surface area contributed by atoms with Gasteiger partial charge in [-0.3, -0.25) is 9.69 Å². The number of fused-ring (bicyclic) bond motifs is 1. The molecule has 3 heterocycles. The molecule has 1 atom stereocenters. The largest absolute Gasteiger partial charge is 0.352 e. The number of hydrogen-bond acceptors (Lipinski definition) is 5. The van der Waals surface area contributed by atoms with E-state index in [0.29, 0.717) is 12.2 Å². The third-order valence-electron chi connectivity index (χ3n) is 5.71. The van der Waals surface area contributed by atoms with Gasteiger partial charge in [-0.25, -0.2) is 9.50 Å². The minimum atomic E-state index is 0.0685. The van der Waals surface area contributed by atoms with Gasteiger partial charge < -0.3 is 5.32 Å². The zero-order valence-corrected chi connectivity index (χ0v) is 15.3. The van der Waals surface area contributed by atoms with Crippen LogP contribution in [0, 0.1) is 0 Å². The van der Waals surface area contributed by atoms with E-state index in [2.05, 4.69) is 25.3 Å². The van der Waals surface area contributed by atoms with Crippen LogP contribution in [0.2, 0.25) is 0 Å². The molecular formula is C19H28N6O. The summed E-state index contributed by atoms with van der Waals surface area (Å²) in [6.45, 7) is 2.18. The molecule has 0 unspecified atom stereocenters. The van der Waals surface area contributed by atoms with Crippen molar-refractivity contribution in [2.24, 2.45) is 0 Å². The molecule has 1 aliphatic carbocycles. The summed E-state index contributed by atoms with van der Waals surface area (Å²) in [5.74, 6) is 0.625. The van der Waals surface area contributed by atoms with Gasteiger partial charge in [0.15, 0.2) is 0 Å². The molecule has 7 nitrogen and oxygen atoms in total. The average molecular weight is 356 g/mol. The molecule has 4 rings (SSSR count). The van der Waals surface area contributed by atoms with Crippen LogP contribution < -0.4 is 5.32 Å². The van der Waals surface area contributed by atoms with Gasteiger partial charge in [0.1, 0.15) is 6.33 Å². The first kappa shape index (κ1) is 17.4. The van der Waals surface area contributed by atoms with E-state index < -0.39 is 0 Å². The first-order valence-electron chi connectivity index (χ1n) is 9.95. The maximum atomic E-state index is 12.5. The van der Waals surface area contributed by atoms with Gasteiger partial charge in [-0.2, -0.15) is 10.1 Å². The fourth-order valence-corrected chi connectivity index (χ4v) is 4.39. The Kier molecular flexibility index (Phi) is 5.43. The minimum Gasteiger partial charge on any atom is -0.352 e. The summed E-state index contributed by atoms with van der Waals surface area (Å²) in [6.07, 6.45) is 15.7. The zero-order valence-electron chi connectivity index (χ0n) is 15.3. The fraction of sp³-hybridized carbons (Fsp3) is 0.684. The lowest BCUT2D eigenvalue weighted by atomic mass is 9.99. The van der Waals surface area contributed by atoms with Crippen LogP contribution in [-0.2, 0) is 11.2 Å². The van der Waals surface area contributed by atoms with Crippen molar-refractivity contribution in [2.45, 2.75) is 69.9 Å². The standard InChI is InChI=1S/C19H28N6O/c26-18(10-15-11-20-19-21-14-22-25(19)12-15)23-16-6-5-9-24(13-16)17-7-3-1-2-4-8-17/h11-12,14,16-17H,1-10,13H2,(H,23,26)/t16-/m0/s1. The van der Waals surface area contributed by atoms with Crippen LogP contribution in [0.4, 0.5) is 0 Å². The lowest BCUT2D eigenvalue weighted by Gasteiger charge is -2.38. The van der Waals surface area contributed by atoms with E-state index >= 15 is 0 Å². The smallest absolute Gasteiger partial charge is 0.252 e. The second kappa shape index (κ2) is 8.12. The van der Waals surface area contributed by atoms with Gasteiger partial charge in [-0.05, 0) is 37.8 Å². The summed E-state index contributed by atoms with van der Waals surface area (Å²) in [6, 6.07) is 0.985. The molecule has 0 bridgehead atoms. The maximum absolute atomic E-state index is 12.5. The summed E-state index contributed by atoms with van der Waals surface area (Å²) in [4.78, 5) is 23.4. The first-order valence-corrected chi connectivity index (χ1v) is 9.95. The molecule has 7 heteroatoms. The molecule has 1 N–H and O–H groups in total. The van der Waals surface area contributed by atoms with Crippen molar-refractivity contribution in [3.8, 4) is 0 Å². The van der Waals surface area contributed by atoms with E-state index in [9.17, 15) is 4.79 Å². The monoisotopic (exact) mass is 356 g/mol. The Morgan fingerprint density at radius 2 is 1.96 bits per heavy atom. The molecule has 2 fully saturated rings. The predicted molar refractivity (Wildman–Crippen MR) is 98.7 cm³/mol. The number of nitrogens with zero attached hydrogens (tertiary/aromatic N) is 5. The van der Waals surface area contributed by atoms with Crippen LogP contribution in [-0.4, -0.2) is 55.6 Å². The van der Waals surface area contributed by atoms with Gasteiger partial charge in [0.2, 0.25) is 5.91 Å². The lowest BCUT2D eigenvalue weighted by Crippen LogP contribution is -2.51. The number of likely N-dealkylation sites (tertiary alicyclic amines) is 1. The van der Waals surface area contributed by atoms with Crippen molar-refractivity contribution in [1.82, 2.24) is 29.8 Å². The van der Waals surface area contributed by atoms with Crippen molar-refractivity contribution in [3.05, 3.63) is 24.3 Å². The van der Waals surface area contributed by atoms with E-state index in [-0.39, 0.29) is 11.9 Å². The third-order valence-corrected chi connectivity index (χ3v) is 5.71. The molecule has 2 aliphatic rings. The maximum Gasteiger partial charge on any atom is 0.252 e. The van der Waals surface area contributed by atoms with Crippen LogP contribution >= 0.6 is 0 Å². The summed E-state index contributed by atoms with van der Waals surface area (Å²) in [7, 11) is 0. The highest BCUT2D eigenvalue weighted by Gasteiger charge is 2.27. The Labute approximate surface area is 154 Å². The molecule has 1 saturated carbocycles. The molecule has 1 saturated heterocycles. The van der Waals surface area contributed by atoms with Crippen molar-refractivity contribution in [3.63, 3.8) is 0 Å². The Morgan fingerprint density at radius 3 is 2.81 bits per heavy atom. The summed E-state index contributed by atoms with van der Waals surface area (Å²) < 4.78 is 1.61. The Morgan fingerprint density at radius 1 is 1.12 bits per heavy atom. The molecule has 2 aromatic heterocycles. The van der Waals surface area contributed by atoms with Crippen LogP contribution in [0.1, 0.15) is 56.9 Å². The highest BCUT2D eigenvalue weighted by molar-refractivity contribution is 5.78. The van der Waals surface area contributed by atoms with Crippen LogP contribution in [0.5, 0.6) is 0 Å². The molecule has 1 aliphatic heterocycles. The Balaban J connectivity index is 1.31. The van der Waals surface area contributed by atoms with Gasteiger partial charge in [-0.15, -0.1) is 0 Å². The fourth-order valence-electron chi connectivity index (χ4n) is 4.39. The summed E-state index contributed by atoms with van der Waals surface area (Å²) in [5, 5.41) is 7.32. The number of rotatable bonds is 4. The van der Waals surface area contributed by atoms with E-state index in [1.165, 1.54) is 57.8 Å². The number of nitrogens with one attached hydrogen (secondary N) is 1. The van der Waals surface area contributed by atoms with E-state index in [0.717, 1.165) is 24.6 Å². The topological polar surface area (TPSA) is 75.4 Å². The second-order valence-corrected chi connectivity index (χ2v) is 7.69. The molecule has 2 aromatic rings. The molecular weight excluding hydrogens is 328 g/mol. The average Bonchev–Trinajstić information content (AvgIpc) is 2.93. The van der Waals surface area contributed by atoms with E-state index in [1.807, 2.05) is 6.20 Å². The number of piperidine rings is 1. The lowest BCUT2D eigenvalue weighted by molar-refractivity contribution is -0.121. The summed E-state index contributed by atoms with van der Waals surface area (Å²) in [5.41, 5.74) is 0.858. The molecule has 26 heavy (non-hydrogen) atoms. The number of carbonyl (C=O) groups excluding carboxylic acids is 1. The van der Waals surface area contributed by atoms with Gasteiger partial charge >= 0.3 is 0 Å². The SMILES string of the molecule is O=C(Cc1cnc2ncnn2c1)N[C@H]1CCCN(C2CCCCCC2)C1. The Bertz CT molecular complexity index is 736. The van der Waals surface area contributed by atoms with E-state index in [4.69, 9.17) is 0 Å². The number of hydrogen-bond donors (Lipinski definition) is 1. The van der Waals surface area contributed by atoms with Gasteiger partial charge in [-0.1, -0.05) is 25.7 Å². The quantitative estimate of drug-likeness (QED) is 0.848. The van der Waals surface area contributed by atoms with Crippen molar-refractivity contribution in [1.29, 1.82) is 0 Å². The molecule has 0 aromatic carbocycles. The molecule has 0 radical (unpaired) electrons. The van der Waals surface area contributed by atoms with Crippen molar-refractivity contribution >= 4 is 11.7 Å². The molecule has 0 spiro atoms. The zero-order chi connectivity index (χ0) is 17.8. The predicted octanol–water partition coefficient (Wildman–Crippen LogP) is 1.97. The van der Waals surface area contributed by atoms with Crippen LogP contribution in [0.25, 0.3) is 5.78 Å². The number of amides is 1. The Hall–Kier alpha value is -2.02. The van der Waals surface area contributed by atoms with E-state index in [1.54, 1.807) is 10.7 Å².